The maximum absolute atomic E-state index is 6.04. The normalized spacial score (nSPS) is 11.4. The van der Waals surface area contributed by atoms with Crippen LogP contribution in [0.2, 0.25) is 5.02 Å². The summed E-state index contributed by atoms with van der Waals surface area (Å²) in [5.41, 5.74) is 3.78. The van der Waals surface area contributed by atoms with Crippen molar-refractivity contribution in [1.82, 2.24) is 14.9 Å². The zero-order chi connectivity index (χ0) is 20.2. The van der Waals surface area contributed by atoms with Crippen molar-refractivity contribution in [3.05, 3.63) is 53.6 Å². The number of thiazole rings is 1. The van der Waals surface area contributed by atoms with E-state index in [2.05, 4.69) is 35.4 Å². The molecule has 0 atom stereocenters. The Labute approximate surface area is 179 Å². The molecule has 0 bridgehead atoms. The molecular formula is C22H24ClN5S. The first-order chi connectivity index (χ1) is 14.2. The first-order valence-corrected chi connectivity index (χ1v) is 11.1. The summed E-state index contributed by atoms with van der Waals surface area (Å²) in [6, 6.07) is 15.9. The van der Waals surface area contributed by atoms with Gasteiger partial charge in [0.05, 0.1) is 11.2 Å². The second kappa shape index (κ2) is 8.95. The first-order valence-electron chi connectivity index (χ1n) is 9.86. The lowest BCUT2D eigenvalue weighted by Gasteiger charge is -2.17. The lowest BCUT2D eigenvalue weighted by atomic mass is 10.1. The number of aromatic nitrogens is 2. The maximum Gasteiger partial charge on any atom is 0.185 e. The highest BCUT2D eigenvalue weighted by atomic mass is 35.5. The fourth-order valence-electron chi connectivity index (χ4n) is 3.31. The van der Waals surface area contributed by atoms with Gasteiger partial charge in [0, 0.05) is 29.2 Å². The molecule has 0 saturated carbocycles. The summed E-state index contributed by atoms with van der Waals surface area (Å²) in [4.78, 5) is 13.0. The van der Waals surface area contributed by atoms with Crippen molar-refractivity contribution in [3.63, 3.8) is 0 Å². The van der Waals surface area contributed by atoms with Crippen molar-refractivity contribution in [2.45, 2.75) is 13.8 Å². The van der Waals surface area contributed by atoms with Gasteiger partial charge in [-0.2, -0.15) is 0 Å². The third-order valence-electron chi connectivity index (χ3n) is 4.95. The van der Waals surface area contributed by atoms with Gasteiger partial charge in [-0.25, -0.2) is 9.97 Å². The molecule has 0 aliphatic carbocycles. The molecule has 0 fully saturated rings. The maximum atomic E-state index is 6.04. The van der Waals surface area contributed by atoms with Crippen LogP contribution in [0.4, 0.5) is 16.5 Å². The average molecular weight is 426 g/mol. The minimum absolute atomic E-state index is 0.716. The summed E-state index contributed by atoms with van der Waals surface area (Å²) in [5, 5.41) is 9.66. The summed E-state index contributed by atoms with van der Waals surface area (Å²) in [5.74, 6) is 0. The van der Waals surface area contributed by atoms with Crippen molar-refractivity contribution in [2.24, 2.45) is 0 Å². The molecule has 4 aromatic rings. The predicted molar refractivity (Wildman–Crippen MR) is 126 cm³/mol. The van der Waals surface area contributed by atoms with E-state index in [0.29, 0.717) is 5.02 Å². The number of likely N-dealkylation sites (N-methyl/N-ethyl adjacent to an activating group) is 1. The van der Waals surface area contributed by atoms with E-state index in [0.717, 1.165) is 63.9 Å². The quantitative estimate of drug-likeness (QED) is 0.363. The van der Waals surface area contributed by atoms with Gasteiger partial charge in [0.25, 0.3) is 0 Å². The van der Waals surface area contributed by atoms with Gasteiger partial charge in [-0.15, -0.1) is 0 Å². The molecule has 2 N–H and O–H groups in total. The fourth-order valence-corrected chi connectivity index (χ4v) is 4.32. The Balaban J connectivity index is 1.68. The monoisotopic (exact) mass is 425 g/mol. The van der Waals surface area contributed by atoms with Crippen LogP contribution < -0.4 is 10.6 Å². The number of fused-ring (bicyclic) bond motifs is 2. The van der Waals surface area contributed by atoms with E-state index >= 15 is 0 Å². The number of pyridine rings is 1. The second-order valence-electron chi connectivity index (χ2n) is 6.76. The highest BCUT2D eigenvalue weighted by Crippen LogP contribution is 2.36. The van der Waals surface area contributed by atoms with Crippen molar-refractivity contribution in [1.29, 1.82) is 0 Å². The van der Waals surface area contributed by atoms with E-state index < -0.39 is 0 Å². The molecule has 4 rings (SSSR count). The summed E-state index contributed by atoms with van der Waals surface area (Å²) in [6.07, 6.45) is 0. The van der Waals surface area contributed by atoms with Crippen molar-refractivity contribution in [3.8, 4) is 0 Å². The molecule has 0 saturated heterocycles. The minimum atomic E-state index is 0.716. The highest BCUT2D eigenvalue weighted by molar-refractivity contribution is 7.21. The molecule has 150 valence electrons. The molecule has 2 aromatic carbocycles. The van der Waals surface area contributed by atoms with Crippen LogP contribution >= 0.6 is 22.9 Å². The topological polar surface area (TPSA) is 53.1 Å². The Morgan fingerprint density at radius 1 is 1.00 bits per heavy atom. The van der Waals surface area contributed by atoms with Crippen molar-refractivity contribution in [2.75, 3.05) is 36.8 Å². The summed E-state index contributed by atoms with van der Waals surface area (Å²) < 4.78 is 0. The van der Waals surface area contributed by atoms with Gasteiger partial charge in [-0.05, 0) is 43.4 Å². The van der Waals surface area contributed by atoms with Crippen molar-refractivity contribution >= 4 is 60.7 Å². The number of anilines is 3. The third kappa shape index (κ3) is 4.45. The van der Waals surface area contributed by atoms with Crippen LogP contribution in [0, 0.1) is 0 Å². The number of nitrogens with one attached hydrogen (secondary N) is 2. The lowest BCUT2D eigenvalue weighted by Crippen LogP contribution is -2.28. The SMILES string of the molecule is CCN(CC)CCNc1nc2c(Nc3ccc(Cl)cc3)c3ccccc3nc2s1. The van der Waals surface area contributed by atoms with Crippen LogP contribution in [0.25, 0.3) is 21.3 Å². The molecule has 0 aliphatic heterocycles. The molecule has 5 nitrogen and oxygen atoms in total. The van der Waals surface area contributed by atoms with Gasteiger partial charge >= 0.3 is 0 Å². The zero-order valence-corrected chi connectivity index (χ0v) is 18.1. The van der Waals surface area contributed by atoms with E-state index in [9.17, 15) is 0 Å². The molecule has 7 heteroatoms. The smallest absolute Gasteiger partial charge is 0.185 e. The molecule has 0 unspecified atom stereocenters. The number of hydrogen-bond donors (Lipinski definition) is 2. The lowest BCUT2D eigenvalue weighted by molar-refractivity contribution is 0.316. The first kappa shape index (κ1) is 19.9. The van der Waals surface area contributed by atoms with Gasteiger partial charge in [0.1, 0.15) is 10.3 Å². The van der Waals surface area contributed by atoms with Gasteiger partial charge < -0.3 is 15.5 Å². The van der Waals surface area contributed by atoms with Crippen LogP contribution in [-0.4, -0.2) is 41.0 Å². The van der Waals surface area contributed by atoms with Gasteiger partial charge in [0.2, 0.25) is 0 Å². The Bertz CT molecular complexity index is 1110. The Morgan fingerprint density at radius 3 is 2.52 bits per heavy atom. The number of hydrogen-bond acceptors (Lipinski definition) is 6. The van der Waals surface area contributed by atoms with Crippen molar-refractivity contribution < 1.29 is 0 Å². The number of rotatable bonds is 8. The summed E-state index contributed by atoms with van der Waals surface area (Å²) >= 11 is 7.63. The van der Waals surface area contributed by atoms with E-state index in [-0.39, 0.29) is 0 Å². The second-order valence-corrected chi connectivity index (χ2v) is 8.18. The standard InChI is InChI=1S/C22H24ClN5S/c1-3-28(4-2)14-13-24-22-27-20-19(25-16-11-9-15(23)10-12-16)17-7-5-6-8-18(17)26-21(20)29-22/h5-12H,3-4,13-14H2,1-2H3,(H,24,27)(H,25,26). The Hall–Kier alpha value is -2.41. The summed E-state index contributed by atoms with van der Waals surface area (Å²) in [7, 11) is 0. The van der Waals surface area contributed by atoms with Crippen LogP contribution in [0.5, 0.6) is 0 Å². The van der Waals surface area contributed by atoms with Gasteiger partial charge in [-0.1, -0.05) is 55.0 Å². The molecular weight excluding hydrogens is 402 g/mol. The highest BCUT2D eigenvalue weighted by Gasteiger charge is 2.14. The van der Waals surface area contributed by atoms with Crippen LogP contribution in [-0.2, 0) is 0 Å². The number of benzene rings is 2. The van der Waals surface area contributed by atoms with E-state index in [4.69, 9.17) is 21.6 Å². The molecule has 2 heterocycles. The van der Waals surface area contributed by atoms with E-state index in [1.54, 1.807) is 11.3 Å². The number of nitrogens with zero attached hydrogens (tertiary/aromatic N) is 3. The molecule has 0 radical (unpaired) electrons. The van der Waals surface area contributed by atoms with E-state index in [1.807, 2.05) is 42.5 Å². The third-order valence-corrected chi connectivity index (χ3v) is 6.11. The fraction of sp³-hybridized carbons (Fsp3) is 0.273. The molecule has 0 amide bonds. The molecule has 0 spiro atoms. The molecule has 0 aliphatic rings. The Kier molecular flexibility index (Phi) is 6.13. The largest absolute Gasteiger partial charge is 0.360 e. The van der Waals surface area contributed by atoms with E-state index in [1.165, 1.54) is 0 Å². The number of halogens is 1. The number of para-hydroxylation sites is 1. The minimum Gasteiger partial charge on any atom is -0.360 e. The van der Waals surface area contributed by atoms with Crippen LogP contribution in [0.1, 0.15) is 13.8 Å². The predicted octanol–water partition coefficient (Wildman–Crippen LogP) is 6.00. The molecule has 2 aromatic heterocycles. The van der Waals surface area contributed by atoms with Gasteiger partial charge in [0.15, 0.2) is 5.13 Å². The Morgan fingerprint density at radius 2 is 1.76 bits per heavy atom. The average Bonchev–Trinajstić information content (AvgIpc) is 3.15. The summed E-state index contributed by atoms with van der Waals surface area (Å²) in [6.45, 7) is 8.34. The van der Waals surface area contributed by atoms with Crippen LogP contribution in [0.15, 0.2) is 48.5 Å². The van der Waals surface area contributed by atoms with Gasteiger partial charge in [-0.3, -0.25) is 0 Å². The zero-order valence-electron chi connectivity index (χ0n) is 16.6. The molecule has 29 heavy (non-hydrogen) atoms. The van der Waals surface area contributed by atoms with Crippen LogP contribution in [0.3, 0.4) is 0 Å².